The lowest BCUT2D eigenvalue weighted by Crippen LogP contribution is -2.13. The predicted octanol–water partition coefficient (Wildman–Crippen LogP) is 4.84. The van der Waals surface area contributed by atoms with Crippen molar-refractivity contribution in [3.8, 4) is 5.75 Å². The van der Waals surface area contributed by atoms with E-state index >= 15 is 0 Å². The molecule has 0 fully saturated rings. The molecular weight excluding hydrogens is 421 g/mol. The minimum Gasteiger partial charge on any atom is -0.486 e. The normalized spacial score (nSPS) is 10.6. The first-order valence-electron chi connectivity index (χ1n) is 8.04. The lowest BCUT2D eigenvalue weighted by atomic mass is 10.1. The van der Waals surface area contributed by atoms with Crippen LogP contribution in [0.2, 0.25) is 0 Å². The van der Waals surface area contributed by atoms with E-state index in [0.29, 0.717) is 21.1 Å². The number of hydrogen-bond donors (Lipinski definition) is 1. The maximum absolute atomic E-state index is 13.9. The Morgan fingerprint density at radius 2 is 2.04 bits per heavy atom. The van der Waals surface area contributed by atoms with E-state index in [1.807, 2.05) is 0 Å². The zero-order chi connectivity index (χ0) is 19.4. The number of rotatable bonds is 5. The van der Waals surface area contributed by atoms with Gasteiger partial charge in [-0.25, -0.2) is 14.0 Å². The van der Waals surface area contributed by atoms with Crippen molar-refractivity contribution in [3.05, 3.63) is 68.7 Å². The van der Waals surface area contributed by atoms with Crippen molar-refractivity contribution >= 4 is 38.7 Å². The predicted molar refractivity (Wildman–Crippen MR) is 102 cm³/mol. The molecule has 0 saturated carbocycles. The highest BCUT2D eigenvalue weighted by atomic mass is 79.9. The van der Waals surface area contributed by atoms with Gasteiger partial charge in [-0.15, -0.1) is 0 Å². The first kappa shape index (κ1) is 18.9. The van der Waals surface area contributed by atoms with Crippen molar-refractivity contribution in [1.29, 1.82) is 0 Å². The van der Waals surface area contributed by atoms with Gasteiger partial charge in [-0.05, 0) is 37.3 Å². The second-order valence-corrected chi connectivity index (χ2v) is 6.43. The van der Waals surface area contributed by atoms with Gasteiger partial charge in [-0.1, -0.05) is 15.9 Å². The summed E-state index contributed by atoms with van der Waals surface area (Å²) in [6.45, 7) is 1.91. The minimum absolute atomic E-state index is 0.0225. The molecule has 27 heavy (non-hydrogen) atoms. The van der Waals surface area contributed by atoms with Gasteiger partial charge in [0.15, 0.2) is 11.6 Å². The standard InChI is InChI=1S/C19H15BrFNO5/c1-2-25-19(24)22-13-4-5-14-11(7-18(23)27-17(14)9-13)10-26-16-6-3-12(20)8-15(16)21/h3-9H,2,10H2,1H3,(H,22,24). The van der Waals surface area contributed by atoms with E-state index in [2.05, 4.69) is 21.2 Å². The monoisotopic (exact) mass is 435 g/mol. The molecule has 0 radical (unpaired) electrons. The summed E-state index contributed by atoms with van der Waals surface area (Å²) in [5.74, 6) is -0.447. The van der Waals surface area contributed by atoms with Crippen LogP contribution in [0.5, 0.6) is 5.75 Å². The topological polar surface area (TPSA) is 77.8 Å². The van der Waals surface area contributed by atoms with Crippen molar-refractivity contribution in [2.75, 3.05) is 11.9 Å². The van der Waals surface area contributed by atoms with E-state index in [4.69, 9.17) is 13.9 Å². The molecule has 8 heteroatoms. The molecule has 0 aliphatic rings. The summed E-state index contributed by atoms with van der Waals surface area (Å²) in [6.07, 6.45) is -0.607. The SMILES string of the molecule is CCOC(=O)Nc1ccc2c(COc3ccc(Br)cc3F)cc(=O)oc2c1. The molecule has 0 unspecified atom stereocenters. The smallest absolute Gasteiger partial charge is 0.411 e. The van der Waals surface area contributed by atoms with Crippen LogP contribution in [0, 0.1) is 5.82 Å². The molecule has 0 atom stereocenters. The number of nitrogens with one attached hydrogen (secondary N) is 1. The van der Waals surface area contributed by atoms with Gasteiger partial charge in [0, 0.05) is 33.2 Å². The van der Waals surface area contributed by atoms with E-state index in [1.54, 1.807) is 25.1 Å². The van der Waals surface area contributed by atoms with Gasteiger partial charge in [0.2, 0.25) is 0 Å². The van der Waals surface area contributed by atoms with E-state index in [1.165, 1.54) is 24.3 Å². The lowest BCUT2D eigenvalue weighted by molar-refractivity contribution is 0.168. The highest BCUT2D eigenvalue weighted by Crippen LogP contribution is 2.25. The van der Waals surface area contributed by atoms with Crippen LogP contribution < -0.4 is 15.7 Å². The van der Waals surface area contributed by atoms with E-state index in [-0.39, 0.29) is 24.5 Å². The summed E-state index contributed by atoms with van der Waals surface area (Å²) in [5, 5.41) is 3.15. The second kappa shape index (κ2) is 8.22. The van der Waals surface area contributed by atoms with Crippen LogP contribution in [0.1, 0.15) is 12.5 Å². The van der Waals surface area contributed by atoms with E-state index in [0.717, 1.165) is 0 Å². The minimum atomic E-state index is -0.607. The number of hydrogen-bond acceptors (Lipinski definition) is 5. The Morgan fingerprint density at radius 3 is 2.78 bits per heavy atom. The number of anilines is 1. The Morgan fingerprint density at radius 1 is 1.22 bits per heavy atom. The molecule has 0 aliphatic heterocycles. The van der Waals surface area contributed by atoms with Crippen molar-refractivity contribution in [3.63, 3.8) is 0 Å². The third kappa shape index (κ3) is 4.65. The van der Waals surface area contributed by atoms with Gasteiger partial charge in [0.25, 0.3) is 0 Å². The Kier molecular flexibility index (Phi) is 5.75. The first-order chi connectivity index (χ1) is 13.0. The summed E-state index contributed by atoms with van der Waals surface area (Å²) < 4.78 is 30.0. The number of carbonyl (C=O) groups is 1. The third-order valence-electron chi connectivity index (χ3n) is 3.63. The Labute approximate surface area is 162 Å². The second-order valence-electron chi connectivity index (χ2n) is 5.51. The van der Waals surface area contributed by atoms with Gasteiger partial charge in [0.1, 0.15) is 12.2 Å². The largest absolute Gasteiger partial charge is 0.486 e. The zero-order valence-corrected chi connectivity index (χ0v) is 15.8. The van der Waals surface area contributed by atoms with Crippen LogP contribution >= 0.6 is 15.9 Å². The van der Waals surface area contributed by atoms with Crippen LogP contribution in [0.25, 0.3) is 11.0 Å². The van der Waals surface area contributed by atoms with Crippen molar-refractivity contribution in [1.82, 2.24) is 0 Å². The van der Waals surface area contributed by atoms with Crippen molar-refractivity contribution < 1.29 is 23.1 Å². The molecule has 1 N–H and O–H groups in total. The molecule has 0 bridgehead atoms. The fourth-order valence-electron chi connectivity index (χ4n) is 2.46. The molecule has 6 nitrogen and oxygen atoms in total. The Balaban J connectivity index is 1.87. The van der Waals surface area contributed by atoms with E-state index < -0.39 is 17.5 Å². The van der Waals surface area contributed by atoms with Gasteiger partial charge >= 0.3 is 11.7 Å². The summed E-state index contributed by atoms with van der Waals surface area (Å²) in [6, 6.07) is 10.6. The molecule has 1 aromatic heterocycles. The summed E-state index contributed by atoms with van der Waals surface area (Å²) in [5.41, 5.74) is 0.643. The highest BCUT2D eigenvalue weighted by Gasteiger charge is 2.11. The van der Waals surface area contributed by atoms with Crippen LogP contribution in [0.3, 0.4) is 0 Å². The summed E-state index contributed by atoms with van der Waals surface area (Å²) in [7, 11) is 0. The average Bonchev–Trinajstić information content (AvgIpc) is 2.60. The van der Waals surface area contributed by atoms with Crippen molar-refractivity contribution in [2.24, 2.45) is 0 Å². The molecule has 0 aliphatic carbocycles. The lowest BCUT2D eigenvalue weighted by Gasteiger charge is -2.10. The Hall–Kier alpha value is -2.87. The molecule has 2 aromatic carbocycles. The molecule has 3 aromatic rings. The number of fused-ring (bicyclic) bond motifs is 1. The summed E-state index contributed by atoms with van der Waals surface area (Å²) >= 11 is 3.18. The van der Waals surface area contributed by atoms with Gasteiger partial charge in [-0.3, -0.25) is 5.32 Å². The molecule has 0 spiro atoms. The molecule has 140 valence electrons. The van der Waals surface area contributed by atoms with Crippen LogP contribution in [-0.2, 0) is 11.3 Å². The van der Waals surface area contributed by atoms with Crippen molar-refractivity contribution in [2.45, 2.75) is 13.5 Å². The maximum atomic E-state index is 13.9. The number of benzene rings is 2. The first-order valence-corrected chi connectivity index (χ1v) is 8.84. The van der Waals surface area contributed by atoms with Crippen LogP contribution in [-0.4, -0.2) is 12.7 Å². The summed E-state index contributed by atoms with van der Waals surface area (Å²) in [4.78, 5) is 23.4. The maximum Gasteiger partial charge on any atom is 0.411 e. The van der Waals surface area contributed by atoms with Gasteiger partial charge in [0.05, 0.1) is 6.61 Å². The van der Waals surface area contributed by atoms with Crippen LogP contribution in [0.4, 0.5) is 14.9 Å². The molecule has 3 rings (SSSR count). The van der Waals surface area contributed by atoms with Gasteiger partial charge in [-0.2, -0.15) is 0 Å². The third-order valence-corrected chi connectivity index (χ3v) is 4.12. The zero-order valence-electron chi connectivity index (χ0n) is 14.3. The molecular formula is C19H15BrFNO5. The molecule has 0 saturated heterocycles. The van der Waals surface area contributed by atoms with E-state index in [9.17, 15) is 14.0 Å². The molecule has 1 heterocycles. The van der Waals surface area contributed by atoms with Crippen LogP contribution in [0.15, 0.2) is 56.1 Å². The number of halogens is 2. The van der Waals surface area contributed by atoms with Gasteiger partial charge < -0.3 is 13.9 Å². The highest BCUT2D eigenvalue weighted by molar-refractivity contribution is 9.10. The Bertz CT molecular complexity index is 1050. The number of amides is 1. The quantitative estimate of drug-likeness (QED) is 0.580. The number of carbonyl (C=O) groups excluding carboxylic acids is 1. The number of ether oxygens (including phenoxy) is 2. The fourth-order valence-corrected chi connectivity index (χ4v) is 2.79. The average molecular weight is 436 g/mol. The molecule has 1 amide bonds. The fraction of sp³-hybridized carbons (Fsp3) is 0.158.